The fourth-order valence-electron chi connectivity index (χ4n) is 6.81. The number of nitrogen functional groups attached to an aromatic ring is 2. The Kier molecular flexibility index (Phi) is 21.4. The van der Waals surface area contributed by atoms with E-state index in [1.165, 1.54) is 6.20 Å². The summed E-state index contributed by atoms with van der Waals surface area (Å²) in [5.41, 5.74) is 15.2. The summed E-state index contributed by atoms with van der Waals surface area (Å²) in [6, 6.07) is 17.8. The van der Waals surface area contributed by atoms with Gasteiger partial charge in [-0.3, -0.25) is 19.2 Å². The zero-order valence-electron chi connectivity index (χ0n) is 33.6. The molecule has 61 heavy (non-hydrogen) atoms. The van der Waals surface area contributed by atoms with Gasteiger partial charge in [-0.2, -0.15) is 0 Å². The van der Waals surface area contributed by atoms with Crippen molar-refractivity contribution in [1.29, 1.82) is 0 Å². The molecule has 0 saturated carbocycles. The van der Waals surface area contributed by atoms with Gasteiger partial charge in [-0.05, 0) is 54.4 Å². The third-order valence-electron chi connectivity index (χ3n) is 9.64. The van der Waals surface area contributed by atoms with E-state index in [0.29, 0.717) is 89.0 Å². The van der Waals surface area contributed by atoms with Gasteiger partial charge in [0, 0.05) is 74.5 Å². The first-order valence-electron chi connectivity index (χ1n) is 18.5. The van der Waals surface area contributed by atoms with Crippen LogP contribution >= 0.6 is 46.4 Å². The van der Waals surface area contributed by atoms with E-state index in [2.05, 4.69) is 14.9 Å². The molecular weight excluding hydrogens is 869 g/mol. The number of benzene rings is 2. The second kappa shape index (κ2) is 24.8. The summed E-state index contributed by atoms with van der Waals surface area (Å²) in [7, 11) is 0. The van der Waals surface area contributed by atoms with Crippen LogP contribution in [0.5, 0.6) is 0 Å². The van der Waals surface area contributed by atoms with Gasteiger partial charge in [0.25, 0.3) is 0 Å². The Bertz CT molecular complexity index is 2090. The number of hydrogen-bond acceptors (Lipinski definition) is 12. The molecule has 0 aliphatic carbocycles. The van der Waals surface area contributed by atoms with E-state index in [4.69, 9.17) is 67.7 Å². The van der Waals surface area contributed by atoms with E-state index in [0.717, 1.165) is 11.1 Å². The molecule has 2 atom stereocenters. The van der Waals surface area contributed by atoms with Gasteiger partial charge >= 0.3 is 30.8 Å². The van der Waals surface area contributed by atoms with Crippen molar-refractivity contribution in [3.05, 3.63) is 104 Å². The van der Waals surface area contributed by atoms with Crippen LogP contribution in [0.25, 0.3) is 0 Å². The zero-order chi connectivity index (χ0) is 41.9. The third kappa shape index (κ3) is 14.5. The van der Waals surface area contributed by atoms with E-state index in [9.17, 15) is 19.2 Å². The number of rotatable bonds is 11. The van der Waals surface area contributed by atoms with Gasteiger partial charge in [0.1, 0.15) is 0 Å². The van der Waals surface area contributed by atoms with Crippen molar-refractivity contribution in [3.8, 4) is 0 Å². The van der Waals surface area contributed by atoms with E-state index >= 15 is 0 Å². The van der Waals surface area contributed by atoms with Crippen molar-refractivity contribution in [2.24, 2.45) is 0 Å². The number of carbonyl (C=O) groups is 4. The fraction of sp³-hybridized carbons (Fsp3) is 0.350. The molecule has 2 aliphatic rings. The number of pyridine rings is 2. The fourth-order valence-corrected chi connectivity index (χ4v) is 7.40. The van der Waals surface area contributed by atoms with E-state index in [-0.39, 0.29) is 85.4 Å². The Morgan fingerprint density at radius 3 is 1.43 bits per heavy atom. The summed E-state index contributed by atoms with van der Waals surface area (Å²) in [6.45, 7) is 4.87. The number of piperazine rings is 2. The second-order valence-corrected chi connectivity index (χ2v) is 15.3. The van der Waals surface area contributed by atoms with Gasteiger partial charge in [-0.1, -0.05) is 70.7 Å². The monoisotopic (exact) mass is 914 g/mol. The molecule has 6 rings (SSSR count). The topological polar surface area (TPSA) is 250 Å². The van der Waals surface area contributed by atoms with Crippen LogP contribution in [0.1, 0.15) is 55.8 Å². The van der Waals surface area contributed by atoms with Gasteiger partial charge in [0.05, 0.1) is 53.0 Å². The maximum absolute atomic E-state index is 12.7. The van der Waals surface area contributed by atoms with Crippen molar-refractivity contribution in [2.45, 2.75) is 44.7 Å². The number of anilines is 4. The largest absolute Gasteiger partial charge is 1.00 e. The van der Waals surface area contributed by atoms with E-state index in [1.54, 1.807) is 47.2 Å². The molecule has 0 bridgehead atoms. The van der Waals surface area contributed by atoms with Crippen molar-refractivity contribution < 1.29 is 58.8 Å². The Morgan fingerprint density at radius 2 is 1.07 bits per heavy atom. The number of carboxylic acid groups (broad SMARTS) is 1. The predicted octanol–water partition coefficient (Wildman–Crippen LogP) is 2.93. The predicted molar refractivity (Wildman–Crippen MR) is 232 cm³/mol. The minimum Gasteiger partial charge on any atom is -0.870 e. The quantitative estimate of drug-likeness (QED) is 0.145. The molecule has 8 N–H and O–H groups in total. The average molecular weight is 917 g/mol. The van der Waals surface area contributed by atoms with Crippen molar-refractivity contribution in [3.63, 3.8) is 0 Å². The van der Waals surface area contributed by atoms with Gasteiger partial charge in [-0.25, -0.2) is 9.97 Å². The average Bonchev–Trinajstić information content (AvgIpc) is 3.20. The first kappa shape index (κ1) is 52.6. The number of ether oxygens (including phenoxy) is 1. The number of carbonyl (C=O) groups excluding carboxylic acids is 3. The second-order valence-electron chi connectivity index (χ2n) is 13.5. The summed E-state index contributed by atoms with van der Waals surface area (Å²) in [4.78, 5) is 63.9. The maximum atomic E-state index is 12.7. The van der Waals surface area contributed by atoms with Gasteiger partial charge in [0.15, 0.2) is 11.6 Å². The number of carboxylic acids is 1. The molecular formula is C40H47Cl4LiN8O8. The standard InChI is InChI=1S/C21H24Cl2N4O3.C19H20Cl2N4O3.Li.2H2O/c1-2-30-20(29)8-7-19(28)26-9-10-27(21-17(24)11-16(23)12-25-21)18(13-26)14-3-5-15(22)6-4-14;20-13-3-1-12(2-4-13)16-11-24(17(26)5-6-18(27)28)7-8-25(16)19-15(22)9-14(21)10-23-19;;;/h3-6,11-12,18H,2,7-10,13,24H2,1H3;1-4,9-10,16H,5-8,11,22H2,(H,27,28);;2*1H2/q;;+1;;/p-1. The number of aliphatic carboxylic acids is 1. The van der Waals surface area contributed by atoms with Crippen LogP contribution in [-0.2, 0) is 23.9 Å². The maximum Gasteiger partial charge on any atom is 1.00 e. The Labute approximate surface area is 385 Å². The number of amides is 2. The molecule has 2 amide bonds. The Balaban J connectivity index is 0.000000401. The van der Waals surface area contributed by atoms with Gasteiger partial charge in [-0.15, -0.1) is 0 Å². The molecule has 0 spiro atoms. The van der Waals surface area contributed by atoms with Crippen LogP contribution < -0.4 is 40.1 Å². The molecule has 2 unspecified atom stereocenters. The normalized spacial score (nSPS) is 15.8. The Morgan fingerprint density at radius 1 is 0.672 bits per heavy atom. The van der Waals surface area contributed by atoms with E-state index in [1.807, 2.05) is 41.3 Å². The summed E-state index contributed by atoms with van der Waals surface area (Å²) in [5, 5.41) is 11.0. The van der Waals surface area contributed by atoms with Crippen molar-refractivity contribution in [2.75, 3.05) is 67.1 Å². The van der Waals surface area contributed by atoms with Crippen LogP contribution in [0.2, 0.25) is 20.1 Å². The van der Waals surface area contributed by atoms with Crippen LogP contribution in [0.4, 0.5) is 23.0 Å². The van der Waals surface area contributed by atoms with Crippen LogP contribution in [0.3, 0.4) is 0 Å². The molecule has 324 valence electrons. The van der Waals surface area contributed by atoms with Crippen LogP contribution in [0, 0.1) is 0 Å². The number of hydrogen-bond donors (Lipinski definition) is 3. The molecule has 4 aromatic rings. The van der Waals surface area contributed by atoms with Gasteiger partial charge in [0.2, 0.25) is 11.8 Å². The Hall–Kier alpha value is -4.50. The number of nitrogens with zero attached hydrogens (tertiary/aromatic N) is 6. The molecule has 0 radical (unpaired) electrons. The summed E-state index contributed by atoms with van der Waals surface area (Å²) < 4.78 is 4.92. The summed E-state index contributed by atoms with van der Waals surface area (Å²) in [6.07, 6.45) is 3.08. The molecule has 2 saturated heterocycles. The minimum absolute atomic E-state index is 0. The minimum atomic E-state index is -0.987. The number of nitrogens with two attached hydrogens (primary N) is 2. The number of aromatic nitrogens is 2. The third-order valence-corrected chi connectivity index (χ3v) is 10.6. The summed E-state index contributed by atoms with van der Waals surface area (Å²) >= 11 is 24.1. The van der Waals surface area contributed by atoms with E-state index < -0.39 is 5.97 Å². The molecule has 2 aliphatic heterocycles. The molecule has 4 heterocycles. The van der Waals surface area contributed by atoms with Crippen molar-refractivity contribution in [1.82, 2.24) is 19.8 Å². The molecule has 2 fully saturated rings. The molecule has 21 heteroatoms. The molecule has 2 aromatic heterocycles. The first-order valence-corrected chi connectivity index (χ1v) is 20.0. The smallest absolute Gasteiger partial charge is 0.870 e. The SMILES string of the molecule is CCOC(=O)CCC(=O)N1CCN(c2ncc(Cl)cc2N)C(c2ccc(Cl)cc2)C1.Nc1cc(Cl)cnc1N1CCN(C(=O)CCC(=O)O)CC1c1ccc(Cl)cc1.O.[Li+].[OH-]. The summed E-state index contributed by atoms with van der Waals surface area (Å²) in [5.74, 6) is -0.395. The number of esters is 1. The van der Waals surface area contributed by atoms with Crippen LogP contribution in [-0.4, -0.2) is 105 Å². The van der Waals surface area contributed by atoms with Crippen molar-refractivity contribution >= 4 is 93.2 Å². The molecule has 2 aromatic carbocycles. The molecule has 16 nitrogen and oxygen atoms in total. The zero-order valence-corrected chi connectivity index (χ0v) is 36.7. The van der Waals surface area contributed by atoms with Gasteiger partial charge < -0.3 is 51.9 Å². The first-order chi connectivity index (χ1) is 27.7. The number of halogens is 4. The van der Waals surface area contributed by atoms with Crippen LogP contribution in [0.15, 0.2) is 73.1 Å².